The number of hydrogen-bond donors (Lipinski definition) is 1. The maximum absolute atomic E-state index is 6.05. The van der Waals surface area contributed by atoms with Crippen molar-refractivity contribution in [3.63, 3.8) is 0 Å². The molecular weight excluding hydrogens is 374 g/mol. The van der Waals surface area contributed by atoms with Crippen LogP contribution in [-0.2, 0) is 13.7 Å². The molecule has 5 nitrogen and oxygen atoms in total. The molecule has 0 spiro atoms. The van der Waals surface area contributed by atoms with Crippen LogP contribution < -0.4 is 14.8 Å². The molecule has 0 saturated heterocycles. The Kier molecular flexibility index (Phi) is 5.61. The molecule has 0 radical (unpaired) electrons. The summed E-state index contributed by atoms with van der Waals surface area (Å²) in [6, 6.07) is 22.4. The van der Waals surface area contributed by atoms with Gasteiger partial charge in [0.1, 0.15) is 29.7 Å². The number of imidazole rings is 1. The van der Waals surface area contributed by atoms with Gasteiger partial charge in [0.2, 0.25) is 0 Å². The van der Waals surface area contributed by atoms with Crippen molar-refractivity contribution in [1.82, 2.24) is 9.55 Å². The first-order chi connectivity index (χ1) is 14.5. The first kappa shape index (κ1) is 19.8. The summed E-state index contributed by atoms with van der Waals surface area (Å²) < 4.78 is 14.0. The summed E-state index contributed by atoms with van der Waals surface area (Å²) in [4.78, 5) is 4.71. The van der Waals surface area contributed by atoms with Crippen LogP contribution in [0.4, 0.5) is 5.69 Å². The minimum Gasteiger partial charge on any atom is -0.486 e. The van der Waals surface area contributed by atoms with Gasteiger partial charge in [-0.15, -0.1) is 0 Å². The average Bonchev–Trinajstić information content (AvgIpc) is 3.04. The number of benzene rings is 3. The summed E-state index contributed by atoms with van der Waals surface area (Å²) in [5.74, 6) is 3.29. The molecule has 1 N–H and O–H groups in total. The second-order valence-corrected chi connectivity index (χ2v) is 7.76. The Morgan fingerprint density at radius 3 is 2.27 bits per heavy atom. The fourth-order valence-corrected chi connectivity index (χ4v) is 3.28. The standard InChI is InChI=1S/C25H27N3O2/c1-17(2)26-19-7-11-21(12-8-19)30-22-13-14-23-24(15-22)28(4)25(27-23)16-29-20-9-5-18(3)6-10-20/h5-15,17,26H,16H2,1-4H3. The predicted molar refractivity (Wildman–Crippen MR) is 121 cm³/mol. The van der Waals surface area contributed by atoms with E-state index in [9.17, 15) is 0 Å². The molecule has 3 aromatic carbocycles. The van der Waals surface area contributed by atoms with Crippen molar-refractivity contribution in [3.05, 3.63) is 78.1 Å². The number of fused-ring (bicyclic) bond motifs is 1. The van der Waals surface area contributed by atoms with Crippen molar-refractivity contribution in [3.8, 4) is 17.2 Å². The highest BCUT2D eigenvalue weighted by molar-refractivity contribution is 5.77. The molecule has 1 heterocycles. The van der Waals surface area contributed by atoms with Crippen molar-refractivity contribution in [2.45, 2.75) is 33.4 Å². The van der Waals surface area contributed by atoms with Gasteiger partial charge in [0.25, 0.3) is 0 Å². The molecule has 4 rings (SSSR count). The molecule has 0 fully saturated rings. The summed E-state index contributed by atoms with van der Waals surface area (Å²) in [7, 11) is 2.00. The second-order valence-electron chi connectivity index (χ2n) is 7.76. The fourth-order valence-electron chi connectivity index (χ4n) is 3.28. The summed E-state index contributed by atoms with van der Waals surface area (Å²) in [6.07, 6.45) is 0. The number of ether oxygens (including phenoxy) is 2. The molecule has 5 heteroatoms. The van der Waals surface area contributed by atoms with Gasteiger partial charge in [-0.05, 0) is 69.3 Å². The Morgan fingerprint density at radius 2 is 1.57 bits per heavy atom. The van der Waals surface area contributed by atoms with Gasteiger partial charge in [0, 0.05) is 24.8 Å². The zero-order chi connectivity index (χ0) is 21.1. The molecule has 0 atom stereocenters. The highest BCUT2D eigenvalue weighted by atomic mass is 16.5. The van der Waals surface area contributed by atoms with Crippen LogP contribution in [0.3, 0.4) is 0 Å². The first-order valence-corrected chi connectivity index (χ1v) is 10.2. The van der Waals surface area contributed by atoms with Crippen LogP contribution in [0.25, 0.3) is 11.0 Å². The van der Waals surface area contributed by atoms with Crippen molar-refractivity contribution in [2.24, 2.45) is 7.05 Å². The zero-order valence-electron chi connectivity index (χ0n) is 17.8. The SMILES string of the molecule is Cc1ccc(OCc2nc3ccc(Oc4ccc(NC(C)C)cc4)cc3n2C)cc1. The normalized spacial score (nSPS) is 11.1. The highest BCUT2D eigenvalue weighted by Crippen LogP contribution is 2.27. The van der Waals surface area contributed by atoms with Crippen LogP contribution in [0.5, 0.6) is 17.2 Å². The van der Waals surface area contributed by atoms with Gasteiger partial charge in [0.05, 0.1) is 11.0 Å². The minimum absolute atomic E-state index is 0.396. The lowest BCUT2D eigenvalue weighted by Crippen LogP contribution is -2.09. The highest BCUT2D eigenvalue weighted by Gasteiger charge is 2.10. The molecule has 0 bridgehead atoms. The largest absolute Gasteiger partial charge is 0.486 e. The van der Waals surface area contributed by atoms with Gasteiger partial charge < -0.3 is 19.4 Å². The first-order valence-electron chi connectivity index (χ1n) is 10.2. The number of nitrogens with one attached hydrogen (secondary N) is 1. The molecule has 0 saturated carbocycles. The molecular formula is C25H27N3O2. The number of anilines is 1. The molecule has 154 valence electrons. The van der Waals surface area contributed by atoms with E-state index in [0.717, 1.165) is 39.8 Å². The average molecular weight is 402 g/mol. The van der Waals surface area contributed by atoms with Crippen molar-refractivity contribution < 1.29 is 9.47 Å². The Balaban J connectivity index is 1.48. The maximum atomic E-state index is 6.05. The lowest BCUT2D eigenvalue weighted by Gasteiger charge is -2.11. The topological polar surface area (TPSA) is 48.3 Å². The van der Waals surface area contributed by atoms with Gasteiger partial charge in [-0.2, -0.15) is 0 Å². The van der Waals surface area contributed by atoms with Gasteiger partial charge >= 0.3 is 0 Å². The fraction of sp³-hybridized carbons (Fsp3) is 0.240. The monoisotopic (exact) mass is 401 g/mol. The third-order valence-electron chi connectivity index (χ3n) is 4.88. The quantitative estimate of drug-likeness (QED) is 0.408. The number of nitrogens with zero attached hydrogens (tertiary/aromatic N) is 2. The van der Waals surface area contributed by atoms with Crippen LogP contribution in [-0.4, -0.2) is 15.6 Å². The third-order valence-corrected chi connectivity index (χ3v) is 4.88. The number of aromatic nitrogens is 2. The molecule has 1 aromatic heterocycles. The van der Waals surface area contributed by atoms with Crippen LogP contribution in [0.1, 0.15) is 25.2 Å². The van der Waals surface area contributed by atoms with Crippen molar-refractivity contribution >= 4 is 16.7 Å². The van der Waals surface area contributed by atoms with E-state index in [1.54, 1.807) is 0 Å². The molecule has 0 aliphatic carbocycles. The number of aryl methyl sites for hydroxylation is 2. The molecule has 0 unspecified atom stereocenters. The Labute approximate surface area is 177 Å². The minimum atomic E-state index is 0.396. The maximum Gasteiger partial charge on any atom is 0.147 e. The van der Waals surface area contributed by atoms with E-state index < -0.39 is 0 Å². The summed E-state index contributed by atoms with van der Waals surface area (Å²) >= 11 is 0. The van der Waals surface area contributed by atoms with Gasteiger partial charge in [0.15, 0.2) is 0 Å². The van der Waals surface area contributed by atoms with Crippen molar-refractivity contribution in [1.29, 1.82) is 0 Å². The van der Waals surface area contributed by atoms with E-state index in [2.05, 4.69) is 26.1 Å². The summed E-state index contributed by atoms with van der Waals surface area (Å²) in [5.41, 5.74) is 4.22. The van der Waals surface area contributed by atoms with Crippen molar-refractivity contribution in [2.75, 3.05) is 5.32 Å². The molecule has 0 amide bonds. The van der Waals surface area contributed by atoms with Crippen LogP contribution in [0, 0.1) is 6.92 Å². The van der Waals surface area contributed by atoms with Crippen LogP contribution in [0.15, 0.2) is 66.7 Å². The van der Waals surface area contributed by atoms with E-state index in [4.69, 9.17) is 14.5 Å². The molecule has 0 aliphatic rings. The summed E-state index contributed by atoms with van der Waals surface area (Å²) in [6.45, 7) is 6.71. The molecule has 4 aromatic rings. The Hall–Kier alpha value is -3.47. The lowest BCUT2D eigenvalue weighted by molar-refractivity contribution is 0.292. The molecule has 30 heavy (non-hydrogen) atoms. The van der Waals surface area contributed by atoms with E-state index in [-0.39, 0.29) is 0 Å². The van der Waals surface area contributed by atoms with Gasteiger partial charge in [-0.1, -0.05) is 17.7 Å². The Bertz CT molecular complexity index is 1130. The van der Waals surface area contributed by atoms with Gasteiger partial charge in [-0.3, -0.25) is 0 Å². The van der Waals surface area contributed by atoms with Crippen LogP contribution in [0.2, 0.25) is 0 Å². The lowest BCUT2D eigenvalue weighted by atomic mass is 10.2. The van der Waals surface area contributed by atoms with E-state index in [0.29, 0.717) is 12.6 Å². The Morgan fingerprint density at radius 1 is 0.900 bits per heavy atom. The predicted octanol–water partition coefficient (Wildman–Crippen LogP) is 6.07. The van der Waals surface area contributed by atoms with E-state index >= 15 is 0 Å². The molecule has 0 aliphatic heterocycles. The van der Waals surface area contributed by atoms with Gasteiger partial charge in [-0.25, -0.2) is 4.98 Å². The van der Waals surface area contributed by atoms with Crippen LogP contribution >= 0.6 is 0 Å². The third kappa shape index (κ3) is 4.57. The van der Waals surface area contributed by atoms with E-state index in [1.807, 2.05) is 78.3 Å². The van der Waals surface area contributed by atoms with E-state index in [1.165, 1.54) is 5.56 Å². The second kappa shape index (κ2) is 8.49. The summed E-state index contributed by atoms with van der Waals surface area (Å²) in [5, 5.41) is 3.38. The number of hydrogen-bond acceptors (Lipinski definition) is 4. The number of rotatable bonds is 7. The zero-order valence-corrected chi connectivity index (χ0v) is 17.8. The smallest absolute Gasteiger partial charge is 0.147 e.